The first-order chi connectivity index (χ1) is 8.99. The third-order valence-corrected chi connectivity index (χ3v) is 2.60. The third-order valence-electron chi connectivity index (χ3n) is 2.60. The SMILES string of the molecule is CC(C)CCNc1ccc(C(=O)NCC(C)C)nn1. The summed E-state index contributed by atoms with van der Waals surface area (Å²) in [6.45, 7) is 9.96. The lowest BCUT2D eigenvalue weighted by Crippen LogP contribution is -2.28. The Morgan fingerprint density at radius 1 is 1.16 bits per heavy atom. The molecule has 5 heteroatoms. The molecule has 1 heterocycles. The molecule has 1 aromatic heterocycles. The number of hydrogen-bond acceptors (Lipinski definition) is 4. The minimum Gasteiger partial charge on any atom is -0.369 e. The zero-order chi connectivity index (χ0) is 14.3. The molecule has 0 aromatic carbocycles. The number of rotatable bonds is 7. The van der Waals surface area contributed by atoms with Crippen molar-refractivity contribution in [2.75, 3.05) is 18.4 Å². The lowest BCUT2D eigenvalue weighted by Gasteiger charge is -2.08. The predicted molar refractivity (Wildman–Crippen MR) is 77.1 cm³/mol. The van der Waals surface area contributed by atoms with Gasteiger partial charge in [0.15, 0.2) is 5.69 Å². The van der Waals surface area contributed by atoms with Gasteiger partial charge in [0.2, 0.25) is 0 Å². The first kappa shape index (κ1) is 15.4. The van der Waals surface area contributed by atoms with Crippen LogP contribution < -0.4 is 10.6 Å². The van der Waals surface area contributed by atoms with E-state index in [1.165, 1.54) is 0 Å². The van der Waals surface area contributed by atoms with Gasteiger partial charge in [-0.25, -0.2) is 0 Å². The third kappa shape index (κ3) is 6.18. The molecular weight excluding hydrogens is 240 g/mol. The van der Waals surface area contributed by atoms with Gasteiger partial charge in [-0.15, -0.1) is 10.2 Å². The predicted octanol–water partition coefficient (Wildman–Crippen LogP) is 2.32. The maximum absolute atomic E-state index is 11.7. The molecule has 0 spiro atoms. The Morgan fingerprint density at radius 3 is 2.42 bits per heavy atom. The van der Waals surface area contributed by atoms with Crippen molar-refractivity contribution in [3.8, 4) is 0 Å². The van der Waals surface area contributed by atoms with Crippen LogP contribution in [0.5, 0.6) is 0 Å². The van der Waals surface area contributed by atoms with Crippen LogP contribution in [0.1, 0.15) is 44.6 Å². The van der Waals surface area contributed by atoms with Crippen molar-refractivity contribution in [3.63, 3.8) is 0 Å². The van der Waals surface area contributed by atoms with Gasteiger partial charge < -0.3 is 10.6 Å². The Kier molecular flexibility index (Phi) is 6.25. The second kappa shape index (κ2) is 7.71. The highest BCUT2D eigenvalue weighted by Crippen LogP contribution is 2.04. The van der Waals surface area contributed by atoms with E-state index >= 15 is 0 Å². The van der Waals surface area contributed by atoms with Crippen LogP contribution >= 0.6 is 0 Å². The molecule has 0 aliphatic heterocycles. The van der Waals surface area contributed by atoms with Crippen molar-refractivity contribution in [2.45, 2.75) is 34.1 Å². The molecule has 0 aliphatic rings. The Labute approximate surface area is 115 Å². The van der Waals surface area contributed by atoms with Crippen LogP contribution in [0, 0.1) is 11.8 Å². The summed E-state index contributed by atoms with van der Waals surface area (Å²) in [5.41, 5.74) is 0.357. The minimum atomic E-state index is -0.171. The monoisotopic (exact) mass is 264 g/mol. The van der Waals surface area contributed by atoms with Gasteiger partial charge in [0.1, 0.15) is 5.82 Å². The van der Waals surface area contributed by atoms with Gasteiger partial charge in [-0.2, -0.15) is 0 Å². The van der Waals surface area contributed by atoms with Crippen molar-refractivity contribution in [3.05, 3.63) is 17.8 Å². The first-order valence-corrected chi connectivity index (χ1v) is 6.85. The average Bonchev–Trinajstić information content (AvgIpc) is 2.36. The number of nitrogens with zero attached hydrogens (tertiary/aromatic N) is 2. The van der Waals surface area contributed by atoms with Gasteiger partial charge in [-0.05, 0) is 30.4 Å². The maximum atomic E-state index is 11.7. The molecule has 5 nitrogen and oxygen atoms in total. The normalized spacial score (nSPS) is 10.8. The number of hydrogen-bond donors (Lipinski definition) is 2. The zero-order valence-corrected chi connectivity index (χ0v) is 12.2. The second-order valence-electron chi connectivity index (χ2n) is 5.52. The molecule has 0 fully saturated rings. The average molecular weight is 264 g/mol. The van der Waals surface area contributed by atoms with Crippen LogP contribution in [-0.4, -0.2) is 29.2 Å². The smallest absolute Gasteiger partial charge is 0.271 e. The molecule has 0 atom stereocenters. The number of carbonyl (C=O) groups is 1. The van der Waals surface area contributed by atoms with Crippen LogP contribution in [0.2, 0.25) is 0 Å². The number of aromatic nitrogens is 2. The molecule has 106 valence electrons. The molecule has 1 rings (SSSR count). The van der Waals surface area contributed by atoms with E-state index in [-0.39, 0.29) is 5.91 Å². The van der Waals surface area contributed by atoms with Crippen molar-refractivity contribution in [1.82, 2.24) is 15.5 Å². The zero-order valence-electron chi connectivity index (χ0n) is 12.2. The molecule has 1 amide bonds. The first-order valence-electron chi connectivity index (χ1n) is 6.85. The van der Waals surface area contributed by atoms with Gasteiger partial charge in [-0.1, -0.05) is 27.7 Å². The maximum Gasteiger partial charge on any atom is 0.271 e. The van der Waals surface area contributed by atoms with Crippen molar-refractivity contribution >= 4 is 11.7 Å². The molecule has 0 saturated carbocycles. The van der Waals surface area contributed by atoms with Crippen molar-refractivity contribution < 1.29 is 4.79 Å². The molecule has 0 unspecified atom stereocenters. The summed E-state index contributed by atoms with van der Waals surface area (Å²) in [5.74, 6) is 1.62. The Morgan fingerprint density at radius 2 is 1.89 bits per heavy atom. The van der Waals surface area contributed by atoms with Crippen LogP contribution in [0.4, 0.5) is 5.82 Å². The summed E-state index contributed by atoms with van der Waals surface area (Å²) in [7, 11) is 0. The van der Waals surface area contributed by atoms with E-state index in [4.69, 9.17) is 0 Å². The van der Waals surface area contributed by atoms with E-state index < -0.39 is 0 Å². The molecular formula is C14H24N4O. The highest BCUT2D eigenvalue weighted by atomic mass is 16.1. The van der Waals surface area contributed by atoms with E-state index in [2.05, 4.69) is 34.7 Å². The van der Waals surface area contributed by atoms with Crippen LogP contribution in [-0.2, 0) is 0 Å². The van der Waals surface area contributed by atoms with Gasteiger partial charge in [0, 0.05) is 13.1 Å². The molecule has 2 N–H and O–H groups in total. The summed E-state index contributed by atoms with van der Waals surface area (Å²) in [6, 6.07) is 3.48. The summed E-state index contributed by atoms with van der Waals surface area (Å²) in [4.78, 5) is 11.7. The summed E-state index contributed by atoms with van der Waals surface area (Å²) < 4.78 is 0. The molecule has 0 saturated heterocycles. The number of nitrogens with one attached hydrogen (secondary N) is 2. The highest BCUT2D eigenvalue weighted by Gasteiger charge is 2.08. The van der Waals surface area contributed by atoms with Crippen LogP contribution in [0.15, 0.2) is 12.1 Å². The largest absolute Gasteiger partial charge is 0.369 e. The van der Waals surface area contributed by atoms with Crippen LogP contribution in [0.3, 0.4) is 0 Å². The topological polar surface area (TPSA) is 66.9 Å². The number of anilines is 1. The Bertz CT molecular complexity index is 387. The van der Waals surface area contributed by atoms with E-state index in [1.807, 2.05) is 13.8 Å². The molecule has 0 bridgehead atoms. The molecule has 1 aromatic rings. The van der Waals surface area contributed by atoms with Gasteiger partial charge >= 0.3 is 0 Å². The Balaban J connectivity index is 2.44. The lowest BCUT2D eigenvalue weighted by atomic mass is 10.1. The minimum absolute atomic E-state index is 0.171. The highest BCUT2D eigenvalue weighted by molar-refractivity contribution is 5.92. The fourth-order valence-electron chi connectivity index (χ4n) is 1.42. The second-order valence-corrected chi connectivity index (χ2v) is 5.52. The van der Waals surface area contributed by atoms with E-state index in [1.54, 1.807) is 12.1 Å². The fraction of sp³-hybridized carbons (Fsp3) is 0.643. The van der Waals surface area contributed by atoms with E-state index in [0.29, 0.717) is 29.9 Å². The standard InChI is InChI=1S/C14H24N4O/c1-10(2)7-8-15-13-6-5-12(17-18-13)14(19)16-9-11(3)4/h5-6,10-11H,7-9H2,1-4H3,(H,15,18)(H,16,19). The van der Waals surface area contributed by atoms with Crippen LogP contribution in [0.25, 0.3) is 0 Å². The summed E-state index contributed by atoms with van der Waals surface area (Å²) in [5, 5.41) is 13.9. The fourth-order valence-corrected chi connectivity index (χ4v) is 1.42. The van der Waals surface area contributed by atoms with E-state index in [0.717, 1.165) is 13.0 Å². The van der Waals surface area contributed by atoms with Gasteiger partial charge in [-0.3, -0.25) is 4.79 Å². The summed E-state index contributed by atoms with van der Waals surface area (Å²) >= 11 is 0. The molecule has 0 radical (unpaired) electrons. The van der Waals surface area contributed by atoms with Crippen molar-refractivity contribution in [1.29, 1.82) is 0 Å². The van der Waals surface area contributed by atoms with Gasteiger partial charge in [0.05, 0.1) is 0 Å². The molecule has 0 aliphatic carbocycles. The molecule has 19 heavy (non-hydrogen) atoms. The summed E-state index contributed by atoms with van der Waals surface area (Å²) in [6.07, 6.45) is 1.08. The Hall–Kier alpha value is -1.65. The lowest BCUT2D eigenvalue weighted by molar-refractivity contribution is 0.0943. The van der Waals surface area contributed by atoms with Gasteiger partial charge in [0.25, 0.3) is 5.91 Å². The quantitative estimate of drug-likeness (QED) is 0.793. The van der Waals surface area contributed by atoms with E-state index in [9.17, 15) is 4.79 Å². The number of carbonyl (C=O) groups excluding carboxylic acids is 1. The van der Waals surface area contributed by atoms with Crippen molar-refractivity contribution in [2.24, 2.45) is 11.8 Å². The number of amides is 1.